The Morgan fingerprint density at radius 2 is 1.45 bits per heavy atom. The van der Waals surface area contributed by atoms with Crippen LogP contribution >= 0.6 is 0 Å². The van der Waals surface area contributed by atoms with Crippen LogP contribution in [-0.2, 0) is 0 Å². The van der Waals surface area contributed by atoms with Gasteiger partial charge >= 0.3 is 0 Å². The third-order valence-corrected chi connectivity index (χ3v) is 3.01. The fraction of sp³-hybridized carbons (Fsp3) is 0.188. The molecule has 0 radical (unpaired) electrons. The Morgan fingerprint density at radius 3 is 2.10 bits per heavy atom. The van der Waals surface area contributed by atoms with E-state index in [0.29, 0.717) is 22.6 Å². The maximum atomic E-state index is 12.4. The van der Waals surface area contributed by atoms with Gasteiger partial charge in [0.1, 0.15) is 11.5 Å². The average molecular weight is 272 g/mol. The van der Waals surface area contributed by atoms with Gasteiger partial charge in [-0.15, -0.1) is 0 Å². The van der Waals surface area contributed by atoms with Crippen LogP contribution in [0.15, 0.2) is 47.3 Å². The molecule has 2 aromatic carbocycles. The quantitative estimate of drug-likeness (QED) is 0.858. The van der Waals surface area contributed by atoms with E-state index in [9.17, 15) is 4.79 Å². The van der Waals surface area contributed by atoms with Crippen LogP contribution in [0.1, 0.15) is 0 Å². The van der Waals surface area contributed by atoms with E-state index in [1.165, 1.54) is 7.11 Å². The standard InChI is InChI=1S/C16H16O4/c1-18-11-8-9-14(19-2)13(10-11)12-6-4-5-7-15(20-3)16(12)17/h4-10H,1-3H3. The third kappa shape index (κ3) is 2.59. The second-order valence-corrected chi connectivity index (χ2v) is 4.10. The van der Waals surface area contributed by atoms with Gasteiger partial charge in [-0.3, -0.25) is 4.79 Å². The summed E-state index contributed by atoms with van der Waals surface area (Å²) >= 11 is 0. The summed E-state index contributed by atoms with van der Waals surface area (Å²) in [6, 6.07) is 12.3. The largest absolute Gasteiger partial charge is 0.497 e. The molecule has 0 fully saturated rings. The minimum absolute atomic E-state index is 0.191. The number of hydrogen-bond donors (Lipinski definition) is 0. The van der Waals surface area contributed by atoms with E-state index in [1.807, 2.05) is 0 Å². The summed E-state index contributed by atoms with van der Waals surface area (Å²) in [5.74, 6) is 1.55. The smallest absolute Gasteiger partial charge is 0.228 e. The molecule has 0 aliphatic heterocycles. The summed E-state index contributed by atoms with van der Waals surface area (Å²) in [4.78, 5) is 12.4. The van der Waals surface area contributed by atoms with Crippen molar-refractivity contribution < 1.29 is 14.2 Å². The first-order valence-corrected chi connectivity index (χ1v) is 6.11. The Kier molecular flexibility index (Phi) is 4.25. The Balaban J connectivity index is 2.74. The highest BCUT2D eigenvalue weighted by atomic mass is 16.5. The summed E-state index contributed by atoms with van der Waals surface area (Å²) < 4.78 is 15.6. The Morgan fingerprint density at radius 1 is 0.750 bits per heavy atom. The number of rotatable bonds is 4. The molecular formula is C16H16O4. The molecule has 0 aliphatic rings. The zero-order valence-corrected chi connectivity index (χ0v) is 11.7. The van der Waals surface area contributed by atoms with E-state index in [-0.39, 0.29) is 11.2 Å². The van der Waals surface area contributed by atoms with Crippen molar-refractivity contribution in [3.63, 3.8) is 0 Å². The lowest BCUT2D eigenvalue weighted by Gasteiger charge is -2.09. The van der Waals surface area contributed by atoms with Crippen LogP contribution in [-0.4, -0.2) is 21.3 Å². The van der Waals surface area contributed by atoms with Gasteiger partial charge in [-0.05, 0) is 24.3 Å². The highest BCUT2D eigenvalue weighted by Crippen LogP contribution is 2.31. The molecule has 0 atom stereocenters. The number of hydrogen-bond acceptors (Lipinski definition) is 4. The van der Waals surface area contributed by atoms with E-state index in [0.717, 1.165) is 0 Å². The average Bonchev–Trinajstić information content (AvgIpc) is 2.68. The summed E-state index contributed by atoms with van der Waals surface area (Å²) in [6.45, 7) is 0. The van der Waals surface area contributed by atoms with Gasteiger partial charge in [0.15, 0.2) is 5.75 Å². The minimum Gasteiger partial charge on any atom is -0.497 e. The van der Waals surface area contributed by atoms with E-state index in [1.54, 1.807) is 56.7 Å². The summed E-state index contributed by atoms with van der Waals surface area (Å²) in [5, 5.41) is 0. The lowest BCUT2D eigenvalue weighted by atomic mass is 10.1. The minimum atomic E-state index is -0.191. The highest BCUT2D eigenvalue weighted by molar-refractivity contribution is 5.72. The van der Waals surface area contributed by atoms with Crippen molar-refractivity contribution in [1.29, 1.82) is 0 Å². The van der Waals surface area contributed by atoms with Crippen molar-refractivity contribution >= 4 is 0 Å². The second-order valence-electron chi connectivity index (χ2n) is 4.10. The molecule has 2 rings (SSSR count). The van der Waals surface area contributed by atoms with E-state index < -0.39 is 0 Å². The SMILES string of the molecule is COc1ccc(OC)c(-c2ccccc(OC)c2=O)c1. The molecule has 0 saturated heterocycles. The van der Waals surface area contributed by atoms with Gasteiger partial charge in [0, 0.05) is 11.1 Å². The van der Waals surface area contributed by atoms with Crippen LogP contribution in [0.5, 0.6) is 17.2 Å². The maximum Gasteiger partial charge on any atom is 0.228 e. The van der Waals surface area contributed by atoms with Gasteiger partial charge in [0.2, 0.25) is 5.43 Å². The predicted octanol–water partition coefficient (Wildman–Crippen LogP) is 2.74. The normalized spacial score (nSPS) is 9.95. The van der Waals surface area contributed by atoms with E-state index in [2.05, 4.69) is 0 Å². The van der Waals surface area contributed by atoms with Crippen LogP contribution in [0.25, 0.3) is 11.1 Å². The Bertz CT molecular complexity index is 665. The van der Waals surface area contributed by atoms with Crippen molar-refractivity contribution in [2.24, 2.45) is 0 Å². The van der Waals surface area contributed by atoms with Crippen LogP contribution in [0.3, 0.4) is 0 Å². The van der Waals surface area contributed by atoms with Gasteiger partial charge in [0.05, 0.1) is 21.3 Å². The molecule has 0 unspecified atom stereocenters. The maximum absolute atomic E-state index is 12.4. The van der Waals surface area contributed by atoms with Crippen LogP contribution in [0.2, 0.25) is 0 Å². The first-order valence-electron chi connectivity index (χ1n) is 6.11. The van der Waals surface area contributed by atoms with Crippen molar-refractivity contribution in [1.82, 2.24) is 0 Å². The van der Waals surface area contributed by atoms with Gasteiger partial charge in [-0.25, -0.2) is 0 Å². The molecular weight excluding hydrogens is 256 g/mol. The molecule has 0 aliphatic carbocycles. The molecule has 0 heterocycles. The van der Waals surface area contributed by atoms with Crippen LogP contribution in [0, 0.1) is 0 Å². The second kappa shape index (κ2) is 6.10. The van der Waals surface area contributed by atoms with Gasteiger partial charge in [-0.2, -0.15) is 0 Å². The van der Waals surface area contributed by atoms with E-state index >= 15 is 0 Å². The molecule has 0 saturated carbocycles. The molecule has 0 amide bonds. The molecule has 20 heavy (non-hydrogen) atoms. The molecule has 4 heteroatoms. The molecule has 0 N–H and O–H groups in total. The zero-order chi connectivity index (χ0) is 14.5. The van der Waals surface area contributed by atoms with Crippen molar-refractivity contribution in [3.8, 4) is 28.4 Å². The zero-order valence-electron chi connectivity index (χ0n) is 11.7. The first kappa shape index (κ1) is 13.9. The van der Waals surface area contributed by atoms with Gasteiger partial charge < -0.3 is 14.2 Å². The fourth-order valence-corrected chi connectivity index (χ4v) is 1.98. The topological polar surface area (TPSA) is 44.8 Å². The molecule has 0 aromatic heterocycles. The third-order valence-electron chi connectivity index (χ3n) is 3.01. The number of benzene rings is 1. The highest BCUT2D eigenvalue weighted by Gasteiger charge is 2.12. The van der Waals surface area contributed by atoms with Crippen LogP contribution < -0.4 is 19.6 Å². The number of methoxy groups -OCH3 is 3. The van der Waals surface area contributed by atoms with Gasteiger partial charge in [0.25, 0.3) is 0 Å². The Hall–Kier alpha value is -2.49. The molecule has 104 valence electrons. The number of ether oxygens (including phenoxy) is 3. The van der Waals surface area contributed by atoms with Crippen molar-refractivity contribution in [3.05, 3.63) is 52.7 Å². The van der Waals surface area contributed by atoms with Gasteiger partial charge in [-0.1, -0.05) is 18.2 Å². The lowest BCUT2D eigenvalue weighted by molar-refractivity contribution is 0.404. The lowest BCUT2D eigenvalue weighted by Crippen LogP contribution is -2.06. The van der Waals surface area contributed by atoms with Crippen molar-refractivity contribution in [2.45, 2.75) is 0 Å². The van der Waals surface area contributed by atoms with E-state index in [4.69, 9.17) is 14.2 Å². The molecule has 0 bridgehead atoms. The predicted molar refractivity (Wildman–Crippen MR) is 77.8 cm³/mol. The first-order chi connectivity index (χ1) is 9.71. The van der Waals surface area contributed by atoms with Crippen molar-refractivity contribution in [2.75, 3.05) is 21.3 Å². The summed E-state index contributed by atoms with van der Waals surface area (Å²) in [7, 11) is 4.62. The summed E-state index contributed by atoms with van der Waals surface area (Å²) in [6.07, 6.45) is 0. The Labute approximate surface area is 117 Å². The summed E-state index contributed by atoms with van der Waals surface area (Å²) in [5.41, 5.74) is 0.984. The monoisotopic (exact) mass is 272 g/mol. The molecule has 4 nitrogen and oxygen atoms in total. The molecule has 2 aromatic rings. The fourth-order valence-electron chi connectivity index (χ4n) is 1.98. The molecule has 0 spiro atoms. The van der Waals surface area contributed by atoms with Crippen LogP contribution in [0.4, 0.5) is 0 Å².